The van der Waals surface area contributed by atoms with Crippen molar-refractivity contribution >= 4 is 31.9 Å². The lowest BCUT2D eigenvalue weighted by atomic mass is 10.00. The maximum atomic E-state index is 3.46. The molecule has 0 saturated carbocycles. The van der Waals surface area contributed by atoms with Crippen molar-refractivity contribution < 1.29 is 0 Å². The van der Waals surface area contributed by atoms with Crippen molar-refractivity contribution in [2.75, 3.05) is 10.7 Å². The van der Waals surface area contributed by atoms with Gasteiger partial charge in [-0.3, -0.25) is 0 Å². The Balaban J connectivity index is 2.46. The number of alkyl halides is 2. The van der Waals surface area contributed by atoms with Crippen molar-refractivity contribution in [1.82, 2.24) is 0 Å². The summed E-state index contributed by atoms with van der Waals surface area (Å²) in [5.41, 5.74) is 1.40. The molecule has 0 radical (unpaired) electrons. The van der Waals surface area contributed by atoms with Crippen molar-refractivity contribution in [3.8, 4) is 0 Å². The van der Waals surface area contributed by atoms with E-state index in [1.54, 1.807) is 0 Å². The van der Waals surface area contributed by atoms with E-state index in [-0.39, 0.29) is 0 Å². The Morgan fingerprint density at radius 3 is 2.70 bits per heavy atom. The zero-order valence-corrected chi connectivity index (χ0v) is 8.86. The Morgan fingerprint density at radius 1 is 1.50 bits per heavy atom. The van der Waals surface area contributed by atoms with Gasteiger partial charge >= 0.3 is 0 Å². The summed E-state index contributed by atoms with van der Waals surface area (Å²) in [4.78, 5) is 0. The number of hydrogen-bond acceptors (Lipinski definition) is 0. The molecule has 0 aromatic heterocycles. The minimum atomic E-state index is 0.711. The monoisotopic (exact) mass is 264 g/mol. The van der Waals surface area contributed by atoms with Gasteiger partial charge in [-0.25, -0.2) is 0 Å². The quantitative estimate of drug-likeness (QED) is 0.673. The van der Waals surface area contributed by atoms with Crippen LogP contribution in [0.15, 0.2) is 23.8 Å². The zero-order chi connectivity index (χ0) is 7.40. The molecule has 0 spiro atoms. The molecule has 2 heteroatoms. The van der Waals surface area contributed by atoms with Crippen LogP contribution in [0.2, 0.25) is 0 Å². The van der Waals surface area contributed by atoms with Gasteiger partial charge < -0.3 is 0 Å². The van der Waals surface area contributed by atoms with Gasteiger partial charge in [0.05, 0.1) is 0 Å². The third-order valence-electron chi connectivity index (χ3n) is 1.62. The average Bonchev–Trinajstić information content (AvgIpc) is 2.05. The summed E-state index contributed by atoms with van der Waals surface area (Å²) in [6.45, 7) is 0. The molecule has 0 amide bonds. The summed E-state index contributed by atoms with van der Waals surface area (Å²) in [7, 11) is 0. The Labute approximate surface area is 78.6 Å². The van der Waals surface area contributed by atoms with Crippen LogP contribution in [0.25, 0.3) is 0 Å². The molecule has 0 aliphatic heterocycles. The van der Waals surface area contributed by atoms with Gasteiger partial charge in [-0.05, 0) is 17.9 Å². The summed E-state index contributed by atoms with van der Waals surface area (Å²) < 4.78 is 0. The first-order valence-corrected chi connectivity index (χ1v) is 5.60. The van der Waals surface area contributed by atoms with Crippen LogP contribution in [-0.2, 0) is 0 Å². The maximum Gasteiger partial charge on any atom is 0.0279 e. The fourth-order valence-corrected chi connectivity index (χ4v) is 1.82. The van der Waals surface area contributed by atoms with E-state index in [9.17, 15) is 0 Å². The number of hydrogen-bond donors (Lipinski definition) is 0. The third-order valence-corrected chi connectivity index (χ3v) is 3.10. The first kappa shape index (κ1) is 8.54. The first-order chi connectivity index (χ1) is 4.86. The molecule has 0 nitrogen and oxygen atoms in total. The predicted octanol–water partition coefficient (Wildman–Crippen LogP) is 3.28. The standard InChI is InChI=1S/C8H10Br2/c9-5-7-1-2-8(6-10)4-3-7/h1-3,8H,4-6H2. The SMILES string of the molecule is BrCC1=CCC(CBr)C=C1. The lowest BCUT2D eigenvalue weighted by molar-refractivity contribution is 0.749. The summed E-state index contributed by atoms with van der Waals surface area (Å²) in [6, 6.07) is 0. The maximum absolute atomic E-state index is 3.46. The molecule has 0 fully saturated rings. The topological polar surface area (TPSA) is 0 Å². The molecule has 0 bridgehead atoms. The van der Waals surface area contributed by atoms with E-state index in [4.69, 9.17) is 0 Å². The van der Waals surface area contributed by atoms with Crippen LogP contribution >= 0.6 is 31.9 Å². The minimum absolute atomic E-state index is 0.711. The lowest BCUT2D eigenvalue weighted by Crippen LogP contribution is -2.00. The molecule has 56 valence electrons. The fraction of sp³-hybridized carbons (Fsp3) is 0.500. The fourth-order valence-electron chi connectivity index (χ4n) is 0.923. The molecule has 1 aliphatic carbocycles. The molecule has 1 unspecified atom stereocenters. The summed E-state index contributed by atoms with van der Waals surface area (Å²) >= 11 is 6.88. The zero-order valence-electron chi connectivity index (χ0n) is 5.69. The number of halogens is 2. The van der Waals surface area contributed by atoms with Crippen LogP contribution in [0, 0.1) is 5.92 Å². The predicted molar refractivity (Wildman–Crippen MR) is 52.9 cm³/mol. The largest absolute Gasteiger partial charge is 0.0922 e. The van der Waals surface area contributed by atoms with Gasteiger partial charge in [-0.15, -0.1) is 0 Å². The second kappa shape index (κ2) is 4.35. The van der Waals surface area contributed by atoms with E-state index in [2.05, 4.69) is 50.1 Å². The van der Waals surface area contributed by atoms with E-state index in [0.29, 0.717) is 5.92 Å². The minimum Gasteiger partial charge on any atom is -0.0922 e. The highest BCUT2D eigenvalue weighted by Crippen LogP contribution is 2.18. The van der Waals surface area contributed by atoms with E-state index < -0.39 is 0 Å². The highest BCUT2D eigenvalue weighted by Gasteiger charge is 2.05. The first-order valence-electron chi connectivity index (χ1n) is 3.36. The molecule has 1 rings (SSSR count). The van der Waals surface area contributed by atoms with E-state index in [1.165, 1.54) is 12.0 Å². The Hall–Kier alpha value is 0.440. The molecule has 0 aromatic rings. The second-order valence-corrected chi connectivity index (χ2v) is 3.63. The van der Waals surface area contributed by atoms with Gasteiger partial charge in [0.25, 0.3) is 0 Å². The van der Waals surface area contributed by atoms with Crippen molar-refractivity contribution in [2.24, 2.45) is 5.92 Å². The van der Waals surface area contributed by atoms with Gasteiger partial charge in [0.1, 0.15) is 0 Å². The van der Waals surface area contributed by atoms with Crippen molar-refractivity contribution in [3.05, 3.63) is 23.8 Å². The average molecular weight is 266 g/mol. The van der Waals surface area contributed by atoms with Crippen LogP contribution in [0.3, 0.4) is 0 Å². The molecule has 0 aromatic carbocycles. The van der Waals surface area contributed by atoms with E-state index in [0.717, 1.165) is 10.7 Å². The normalized spacial score (nSPS) is 24.6. The van der Waals surface area contributed by atoms with Gasteiger partial charge in [-0.1, -0.05) is 50.1 Å². The molecule has 10 heavy (non-hydrogen) atoms. The van der Waals surface area contributed by atoms with Crippen molar-refractivity contribution in [1.29, 1.82) is 0 Å². The smallest absolute Gasteiger partial charge is 0.0279 e. The molecule has 0 N–H and O–H groups in total. The van der Waals surface area contributed by atoms with Crippen molar-refractivity contribution in [2.45, 2.75) is 6.42 Å². The number of rotatable bonds is 2. The molecular weight excluding hydrogens is 256 g/mol. The van der Waals surface area contributed by atoms with Crippen LogP contribution < -0.4 is 0 Å². The summed E-state index contributed by atoms with van der Waals surface area (Å²) in [5, 5.41) is 2.06. The number of allylic oxidation sites excluding steroid dienone is 4. The van der Waals surface area contributed by atoms with Crippen LogP contribution in [-0.4, -0.2) is 10.7 Å². The molecule has 1 aliphatic rings. The van der Waals surface area contributed by atoms with Crippen molar-refractivity contribution in [3.63, 3.8) is 0 Å². The molecule has 0 heterocycles. The second-order valence-electron chi connectivity index (χ2n) is 2.42. The van der Waals surface area contributed by atoms with Crippen LogP contribution in [0.1, 0.15) is 6.42 Å². The third kappa shape index (κ3) is 2.24. The Morgan fingerprint density at radius 2 is 2.30 bits per heavy atom. The molecule has 0 saturated heterocycles. The van der Waals surface area contributed by atoms with E-state index in [1.807, 2.05) is 0 Å². The van der Waals surface area contributed by atoms with Gasteiger partial charge in [0, 0.05) is 10.7 Å². The van der Waals surface area contributed by atoms with Crippen LogP contribution in [0.4, 0.5) is 0 Å². The molecular formula is C8H10Br2. The highest BCUT2D eigenvalue weighted by atomic mass is 79.9. The van der Waals surface area contributed by atoms with Gasteiger partial charge in [0.15, 0.2) is 0 Å². The Bertz CT molecular complexity index is 159. The summed E-state index contributed by atoms with van der Waals surface area (Å²) in [5.74, 6) is 0.711. The van der Waals surface area contributed by atoms with Crippen LogP contribution in [0.5, 0.6) is 0 Å². The van der Waals surface area contributed by atoms with E-state index >= 15 is 0 Å². The summed E-state index contributed by atoms with van der Waals surface area (Å²) in [6.07, 6.45) is 7.94. The Kier molecular flexibility index (Phi) is 3.71. The molecule has 1 atom stereocenters. The van der Waals surface area contributed by atoms with Gasteiger partial charge in [-0.2, -0.15) is 0 Å². The highest BCUT2D eigenvalue weighted by molar-refractivity contribution is 9.09. The van der Waals surface area contributed by atoms with Gasteiger partial charge in [0.2, 0.25) is 0 Å². The lowest BCUT2D eigenvalue weighted by Gasteiger charge is -2.11.